The Morgan fingerprint density at radius 3 is 2.75 bits per heavy atom. The normalized spacial score (nSPS) is 19.6. The van der Waals surface area contributed by atoms with Crippen LogP contribution in [0.2, 0.25) is 0 Å². The van der Waals surface area contributed by atoms with Gasteiger partial charge in [0.15, 0.2) is 0 Å². The van der Waals surface area contributed by atoms with Crippen LogP contribution in [-0.2, 0) is 16.6 Å². The van der Waals surface area contributed by atoms with E-state index in [0.717, 1.165) is 19.1 Å². The molecule has 1 nitrogen and oxygen atoms in total. The second-order valence-corrected chi connectivity index (χ2v) is 5.80. The molecule has 1 aliphatic carbocycles. The predicted octanol–water partition coefficient (Wildman–Crippen LogP) is 3.60. The Hall–Kier alpha value is -1.11. The number of benzene rings is 1. The first-order valence-electron chi connectivity index (χ1n) is 6.09. The van der Waals surface area contributed by atoms with Crippen LogP contribution >= 0.6 is 0 Å². The highest BCUT2D eigenvalue weighted by atomic mass is 16.1. The highest BCUT2D eigenvalue weighted by Crippen LogP contribution is 2.37. The maximum atomic E-state index is 10.6. The van der Waals surface area contributed by atoms with Gasteiger partial charge in [-0.3, -0.25) is 0 Å². The lowest BCUT2D eigenvalue weighted by Gasteiger charge is -2.20. The lowest BCUT2D eigenvalue weighted by molar-refractivity contribution is -0.108. The highest BCUT2D eigenvalue weighted by Gasteiger charge is 2.24. The predicted molar refractivity (Wildman–Crippen MR) is 66.9 cm³/mol. The molecule has 0 fully saturated rings. The summed E-state index contributed by atoms with van der Waals surface area (Å²) < 4.78 is 0. The lowest BCUT2D eigenvalue weighted by atomic mass is 9.85. The fourth-order valence-corrected chi connectivity index (χ4v) is 2.53. The van der Waals surface area contributed by atoms with E-state index in [1.165, 1.54) is 16.7 Å². The van der Waals surface area contributed by atoms with Crippen molar-refractivity contribution in [3.8, 4) is 0 Å². The van der Waals surface area contributed by atoms with E-state index in [-0.39, 0.29) is 5.41 Å². The monoisotopic (exact) mass is 216 g/mol. The van der Waals surface area contributed by atoms with E-state index in [1.807, 2.05) is 0 Å². The fraction of sp³-hybridized carbons (Fsp3) is 0.533. The summed E-state index contributed by atoms with van der Waals surface area (Å²) in [5.41, 5.74) is 4.48. The molecule has 0 bridgehead atoms. The van der Waals surface area contributed by atoms with Crippen molar-refractivity contribution in [3.63, 3.8) is 0 Å². The van der Waals surface area contributed by atoms with Crippen LogP contribution in [0.5, 0.6) is 0 Å². The van der Waals surface area contributed by atoms with Gasteiger partial charge in [-0.05, 0) is 40.9 Å². The lowest BCUT2D eigenvalue weighted by Crippen LogP contribution is -2.11. The molecule has 16 heavy (non-hydrogen) atoms. The highest BCUT2D eigenvalue weighted by molar-refractivity contribution is 5.53. The first kappa shape index (κ1) is 11.4. The Balaban J connectivity index is 2.33. The van der Waals surface area contributed by atoms with E-state index in [1.54, 1.807) is 0 Å². The number of aldehydes is 1. The standard InChI is InChI=1S/C15H20O/c1-15(2,3)13-6-7-14-11(8-9-16)4-5-12(14)10-13/h6-7,9-11H,4-5,8H2,1-3H3/t11-/m1/s1. The van der Waals surface area contributed by atoms with Crippen LogP contribution in [-0.4, -0.2) is 6.29 Å². The molecule has 0 amide bonds. The molecule has 1 heteroatoms. The summed E-state index contributed by atoms with van der Waals surface area (Å²) >= 11 is 0. The minimum Gasteiger partial charge on any atom is -0.303 e. The zero-order chi connectivity index (χ0) is 11.8. The summed E-state index contributed by atoms with van der Waals surface area (Å²) in [6, 6.07) is 6.79. The number of hydrogen-bond donors (Lipinski definition) is 0. The summed E-state index contributed by atoms with van der Waals surface area (Å²) in [6.07, 6.45) is 4.01. The van der Waals surface area contributed by atoms with Gasteiger partial charge in [0.2, 0.25) is 0 Å². The molecular weight excluding hydrogens is 196 g/mol. The van der Waals surface area contributed by atoms with E-state index in [0.29, 0.717) is 12.3 Å². The van der Waals surface area contributed by atoms with Crippen molar-refractivity contribution in [2.75, 3.05) is 0 Å². The van der Waals surface area contributed by atoms with Gasteiger partial charge in [0.1, 0.15) is 6.29 Å². The molecule has 0 saturated carbocycles. The first-order valence-corrected chi connectivity index (χ1v) is 6.09. The third kappa shape index (κ3) is 2.04. The SMILES string of the molecule is CC(C)(C)c1ccc2c(c1)CC[C@@H]2CC=O. The van der Waals surface area contributed by atoms with Crippen LogP contribution in [0.25, 0.3) is 0 Å². The molecule has 0 aromatic heterocycles. The minimum absolute atomic E-state index is 0.220. The van der Waals surface area contributed by atoms with E-state index >= 15 is 0 Å². The van der Waals surface area contributed by atoms with Gasteiger partial charge in [-0.25, -0.2) is 0 Å². The van der Waals surface area contributed by atoms with E-state index in [9.17, 15) is 4.79 Å². The van der Waals surface area contributed by atoms with Crippen LogP contribution < -0.4 is 0 Å². The van der Waals surface area contributed by atoms with Crippen molar-refractivity contribution in [2.45, 2.75) is 51.4 Å². The molecule has 0 spiro atoms. The van der Waals surface area contributed by atoms with Crippen molar-refractivity contribution in [3.05, 3.63) is 34.9 Å². The van der Waals surface area contributed by atoms with Crippen LogP contribution in [0, 0.1) is 0 Å². The van der Waals surface area contributed by atoms with Crippen molar-refractivity contribution >= 4 is 6.29 Å². The average Bonchev–Trinajstić information content (AvgIpc) is 2.60. The van der Waals surface area contributed by atoms with Crippen molar-refractivity contribution in [2.24, 2.45) is 0 Å². The number of rotatable bonds is 2. The maximum Gasteiger partial charge on any atom is 0.120 e. The smallest absolute Gasteiger partial charge is 0.120 e. The molecule has 0 saturated heterocycles. The summed E-state index contributed by atoms with van der Waals surface area (Å²) in [7, 11) is 0. The van der Waals surface area contributed by atoms with Crippen LogP contribution in [0.15, 0.2) is 18.2 Å². The van der Waals surface area contributed by atoms with E-state index in [4.69, 9.17) is 0 Å². The first-order chi connectivity index (χ1) is 7.52. The Bertz CT molecular complexity index is 398. The summed E-state index contributed by atoms with van der Waals surface area (Å²) in [5.74, 6) is 0.474. The van der Waals surface area contributed by atoms with Gasteiger partial charge in [-0.2, -0.15) is 0 Å². The van der Waals surface area contributed by atoms with Gasteiger partial charge in [-0.15, -0.1) is 0 Å². The number of fused-ring (bicyclic) bond motifs is 1. The van der Waals surface area contributed by atoms with Gasteiger partial charge in [0.05, 0.1) is 0 Å². The molecule has 1 aliphatic rings. The van der Waals surface area contributed by atoms with Crippen LogP contribution in [0.4, 0.5) is 0 Å². The molecule has 0 heterocycles. The zero-order valence-corrected chi connectivity index (χ0v) is 10.4. The average molecular weight is 216 g/mol. The van der Waals surface area contributed by atoms with Gasteiger partial charge in [-0.1, -0.05) is 39.0 Å². The third-order valence-electron chi connectivity index (χ3n) is 3.59. The van der Waals surface area contributed by atoms with Gasteiger partial charge < -0.3 is 4.79 Å². The third-order valence-corrected chi connectivity index (χ3v) is 3.59. The second kappa shape index (κ2) is 4.04. The maximum absolute atomic E-state index is 10.6. The Morgan fingerprint density at radius 2 is 2.12 bits per heavy atom. The number of carbonyl (C=O) groups excluding carboxylic acids is 1. The topological polar surface area (TPSA) is 17.1 Å². The van der Waals surface area contributed by atoms with Crippen molar-refractivity contribution in [1.29, 1.82) is 0 Å². The van der Waals surface area contributed by atoms with Crippen molar-refractivity contribution in [1.82, 2.24) is 0 Å². The summed E-state index contributed by atoms with van der Waals surface area (Å²) in [5, 5.41) is 0. The molecule has 1 aromatic carbocycles. The largest absolute Gasteiger partial charge is 0.303 e. The Labute approximate surface area is 97.9 Å². The minimum atomic E-state index is 0.220. The van der Waals surface area contributed by atoms with E-state index < -0.39 is 0 Å². The van der Waals surface area contributed by atoms with Gasteiger partial charge in [0, 0.05) is 6.42 Å². The molecule has 86 valence electrons. The molecule has 1 aromatic rings. The van der Waals surface area contributed by atoms with E-state index in [2.05, 4.69) is 39.0 Å². The molecule has 1 atom stereocenters. The Kier molecular flexibility index (Phi) is 2.88. The number of carbonyl (C=O) groups is 1. The number of hydrogen-bond acceptors (Lipinski definition) is 1. The number of aryl methyl sites for hydroxylation is 1. The zero-order valence-electron chi connectivity index (χ0n) is 10.4. The molecule has 2 rings (SSSR count). The summed E-state index contributed by atoms with van der Waals surface area (Å²) in [4.78, 5) is 10.6. The molecule has 0 unspecified atom stereocenters. The molecular formula is C15H20O. The molecule has 0 radical (unpaired) electrons. The van der Waals surface area contributed by atoms with Gasteiger partial charge >= 0.3 is 0 Å². The molecule has 0 N–H and O–H groups in total. The van der Waals surface area contributed by atoms with Crippen LogP contribution in [0.3, 0.4) is 0 Å². The quantitative estimate of drug-likeness (QED) is 0.690. The van der Waals surface area contributed by atoms with Gasteiger partial charge in [0.25, 0.3) is 0 Å². The summed E-state index contributed by atoms with van der Waals surface area (Å²) in [6.45, 7) is 6.73. The van der Waals surface area contributed by atoms with Crippen molar-refractivity contribution < 1.29 is 4.79 Å². The fourth-order valence-electron chi connectivity index (χ4n) is 2.53. The van der Waals surface area contributed by atoms with Crippen LogP contribution in [0.1, 0.15) is 56.2 Å². The second-order valence-electron chi connectivity index (χ2n) is 5.80. The Morgan fingerprint density at radius 1 is 1.38 bits per heavy atom. The molecule has 0 aliphatic heterocycles.